The van der Waals surface area contributed by atoms with E-state index in [0.717, 1.165) is 18.6 Å². The van der Waals surface area contributed by atoms with Crippen molar-refractivity contribution in [3.05, 3.63) is 23.8 Å². The van der Waals surface area contributed by atoms with E-state index in [1.807, 2.05) is 0 Å². The highest BCUT2D eigenvalue weighted by Crippen LogP contribution is 2.31. The molecule has 66 valence electrons. The third-order valence-corrected chi connectivity index (χ3v) is 4.65. The maximum absolute atomic E-state index is 11.7. The minimum absolute atomic E-state index is 0.337. The van der Waals surface area contributed by atoms with Crippen molar-refractivity contribution < 1.29 is 4.21 Å². The summed E-state index contributed by atoms with van der Waals surface area (Å²) in [4.78, 5) is 0. The molecule has 1 aliphatic heterocycles. The van der Waals surface area contributed by atoms with Gasteiger partial charge in [0.25, 0.3) is 0 Å². The molecule has 1 saturated heterocycles. The molecule has 1 nitrogen and oxygen atoms in total. The van der Waals surface area contributed by atoms with Crippen molar-refractivity contribution in [2.24, 2.45) is 5.92 Å². The van der Waals surface area contributed by atoms with Crippen LogP contribution in [-0.2, 0) is 10.8 Å². The molecule has 0 aromatic heterocycles. The van der Waals surface area contributed by atoms with Crippen LogP contribution in [0.4, 0.5) is 0 Å². The van der Waals surface area contributed by atoms with Crippen LogP contribution in [0.1, 0.15) is 19.8 Å². The molecule has 0 aromatic carbocycles. The van der Waals surface area contributed by atoms with Gasteiger partial charge in [0.1, 0.15) is 0 Å². The van der Waals surface area contributed by atoms with Crippen LogP contribution in [0.5, 0.6) is 0 Å². The Morgan fingerprint density at radius 1 is 1.58 bits per heavy atom. The topological polar surface area (TPSA) is 17.1 Å². The Kier molecular flexibility index (Phi) is 2.18. The van der Waals surface area contributed by atoms with Crippen molar-refractivity contribution in [2.45, 2.75) is 25.0 Å². The average Bonchev–Trinajstić information content (AvgIpc) is 2.04. The molecule has 2 rings (SSSR count). The fraction of sp³-hybridized carbons (Fsp3) is 0.600. The molecule has 1 heterocycles. The van der Waals surface area contributed by atoms with Gasteiger partial charge >= 0.3 is 0 Å². The zero-order valence-corrected chi connectivity index (χ0v) is 8.14. The van der Waals surface area contributed by atoms with E-state index in [1.54, 1.807) is 0 Å². The second-order valence-electron chi connectivity index (χ2n) is 3.59. The van der Waals surface area contributed by atoms with Crippen LogP contribution in [0.25, 0.3) is 0 Å². The van der Waals surface area contributed by atoms with Crippen molar-refractivity contribution in [2.75, 3.05) is 5.75 Å². The molecule has 1 aliphatic carbocycles. The van der Waals surface area contributed by atoms with Crippen LogP contribution in [0.2, 0.25) is 0 Å². The monoisotopic (exact) mass is 182 g/mol. The first-order valence-electron chi connectivity index (χ1n) is 4.53. The third-order valence-electron chi connectivity index (χ3n) is 2.66. The molecule has 0 radical (unpaired) electrons. The van der Waals surface area contributed by atoms with Gasteiger partial charge < -0.3 is 0 Å². The molecule has 3 atom stereocenters. The van der Waals surface area contributed by atoms with Crippen LogP contribution in [0.3, 0.4) is 0 Å². The molecule has 2 aliphatic rings. The molecular weight excluding hydrogens is 168 g/mol. The van der Waals surface area contributed by atoms with E-state index in [0.29, 0.717) is 11.2 Å². The summed E-state index contributed by atoms with van der Waals surface area (Å²) in [7, 11) is -0.606. The van der Waals surface area contributed by atoms with Crippen molar-refractivity contribution in [1.82, 2.24) is 0 Å². The molecule has 0 aromatic rings. The number of hydrogen-bond donors (Lipinski definition) is 0. The fourth-order valence-corrected chi connectivity index (χ4v) is 3.85. The average molecular weight is 182 g/mol. The lowest BCUT2D eigenvalue weighted by Gasteiger charge is -2.30. The van der Waals surface area contributed by atoms with Gasteiger partial charge in [0.15, 0.2) is 0 Å². The summed E-state index contributed by atoms with van der Waals surface area (Å²) in [5, 5.41) is 0.337. The Morgan fingerprint density at radius 2 is 2.42 bits per heavy atom. The number of hydrogen-bond acceptors (Lipinski definition) is 1. The highest BCUT2D eigenvalue weighted by molar-refractivity contribution is 7.85. The zero-order chi connectivity index (χ0) is 8.55. The molecule has 12 heavy (non-hydrogen) atoms. The van der Waals surface area contributed by atoms with Gasteiger partial charge in [0.2, 0.25) is 0 Å². The molecule has 0 N–H and O–H groups in total. The van der Waals surface area contributed by atoms with Crippen LogP contribution in [-0.4, -0.2) is 15.2 Å². The minimum atomic E-state index is -0.606. The molecule has 3 unspecified atom stereocenters. The second kappa shape index (κ2) is 3.17. The summed E-state index contributed by atoms with van der Waals surface area (Å²) in [6, 6.07) is 0. The van der Waals surface area contributed by atoms with E-state index in [1.165, 1.54) is 5.57 Å². The van der Waals surface area contributed by atoms with Gasteiger partial charge in [-0.1, -0.05) is 30.7 Å². The highest BCUT2D eigenvalue weighted by Gasteiger charge is 2.30. The van der Waals surface area contributed by atoms with E-state index < -0.39 is 10.8 Å². The predicted octanol–water partition coefficient (Wildman–Crippen LogP) is 2.03. The summed E-state index contributed by atoms with van der Waals surface area (Å²) in [5.74, 6) is 1.38. The Morgan fingerprint density at radius 3 is 3.17 bits per heavy atom. The summed E-state index contributed by atoms with van der Waals surface area (Å²) >= 11 is 0. The van der Waals surface area contributed by atoms with Crippen LogP contribution in [0, 0.1) is 5.92 Å². The van der Waals surface area contributed by atoms with Gasteiger partial charge in [-0.15, -0.1) is 0 Å². The van der Waals surface area contributed by atoms with Gasteiger partial charge in [-0.05, 0) is 18.8 Å². The van der Waals surface area contributed by atoms with Crippen molar-refractivity contribution in [1.29, 1.82) is 0 Å². The van der Waals surface area contributed by atoms with Crippen molar-refractivity contribution >= 4 is 10.8 Å². The van der Waals surface area contributed by atoms with E-state index >= 15 is 0 Å². The lowest BCUT2D eigenvalue weighted by molar-refractivity contribution is 0.616. The first kappa shape index (κ1) is 8.24. The van der Waals surface area contributed by atoms with Gasteiger partial charge in [-0.2, -0.15) is 0 Å². The lowest BCUT2D eigenvalue weighted by atomic mass is 9.92. The largest absolute Gasteiger partial charge is 0.259 e. The van der Waals surface area contributed by atoms with Gasteiger partial charge in [-0.3, -0.25) is 4.21 Å². The molecule has 2 heteroatoms. The molecular formula is C10H14OS. The predicted molar refractivity (Wildman–Crippen MR) is 52.4 cm³/mol. The fourth-order valence-electron chi connectivity index (χ4n) is 2.07. The Bertz CT molecular complexity index is 265. The molecule has 0 bridgehead atoms. The highest BCUT2D eigenvalue weighted by atomic mass is 32.2. The number of rotatable bonds is 0. The van der Waals surface area contributed by atoms with Crippen molar-refractivity contribution in [3.63, 3.8) is 0 Å². The van der Waals surface area contributed by atoms with Crippen molar-refractivity contribution in [3.8, 4) is 0 Å². The molecule has 0 spiro atoms. The van der Waals surface area contributed by atoms with E-state index in [9.17, 15) is 4.21 Å². The normalized spacial score (nSPS) is 40.4. The number of fused-ring (bicyclic) bond motifs is 1. The van der Waals surface area contributed by atoms with Gasteiger partial charge in [0.05, 0.1) is 5.25 Å². The van der Waals surface area contributed by atoms with Crippen LogP contribution >= 0.6 is 0 Å². The van der Waals surface area contributed by atoms with Gasteiger partial charge in [0, 0.05) is 16.6 Å². The summed E-state index contributed by atoms with van der Waals surface area (Å²) in [6.45, 7) is 2.16. The lowest BCUT2D eigenvalue weighted by Crippen LogP contribution is -2.31. The minimum Gasteiger partial charge on any atom is -0.259 e. The Labute approximate surface area is 76.0 Å². The zero-order valence-electron chi connectivity index (χ0n) is 7.32. The molecule has 0 saturated carbocycles. The maximum atomic E-state index is 11.7. The summed E-state index contributed by atoms with van der Waals surface area (Å²) in [6.07, 6.45) is 8.69. The van der Waals surface area contributed by atoms with Crippen LogP contribution in [0.15, 0.2) is 23.8 Å². The SMILES string of the molecule is CC1C=CC=C2CCCS(=O)C21. The summed E-state index contributed by atoms with van der Waals surface area (Å²) in [5.41, 5.74) is 1.41. The Balaban J connectivity index is 2.29. The Hall–Kier alpha value is -0.370. The standard InChI is InChI=1S/C10H14OS/c1-8-4-2-5-9-6-3-7-12(11)10(8)9/h2,4-5,8,10H,3,6-7H2,1H3. The first-order chi connectivity index (χ1) is 5.79. The van der Waals surface area contributed by atoms with Crippen LogP contribution < -0.4 is 0 Å². The van der Waals surface area contributed by atoms with E-state index in [-0.39, 0.29) is 0 Å². The van der Waals surface area contributed by atoms with Gasteiger partial charge in [-0.25, -0.2) is 0 Å². The maximum Gasteiger partial charge on any atom is 0.0620 e. The molecule has 0 amide bonds. The number of allylic oxidation sites excluding steroid dienone is 3. The second-order valence-corrected chi connectivity index (χ2v) is 5.27. The van der Waals surface area contributed by atoms with E-state index in [4.69, 9.17) is 0 Å². The quantitative estimate of drug-likeness (QED) is 0.560. The third kappa shape index (κ3) is 1.28. The van der Waals surface area contributed by atoms with E-state index in [2.05, 4.69) is 25.2 Å². The smallest absolute Gasteiger partial charge is 0.0620 e. The summed E-state index contributed by atoms with van der Waals surface area (Å²) < 4.78 is 11.7. The molecule has 1 fully saturated rings. The first-order valence-corrected chi connectivity index (χ1v) is 5.91.